The number of fused-ring (bicyclic) bond motifs is 5. The maximum Gasteiger partial charge on any atom is 0.237 e. The molecule has 1 N–H and O–H groups in total. The van der Waals surface area contributed by atoms with Crippen molar-refractivity contribution in [1.82, 2.24) is 34.4 Å². The first-order chi connectivity index (χ1) is 21.9. The lowest BCUT2D eigenvalue weighted by atomic mass is 9.49. The van der Waals surface area contributed by atoms with Crippen LogP contribution in [-0.4, -0.2) is 103 Å². The van der Waals surface area contributed by atoms with Gasteiger partial charge in [-0.2, -0.15) is 15.5 Å². The fourth-order valence-electron chi connectivity index (χ4n) is 7.83. The van der Waals surface area contributed by atoms with Crippen LogP contribution in [0.15, 0.2) is 43.0 Å². The standard InChI is InChI=1S/C32H38B3N9O2/c1-30(7-10-36,18-46-4)43-11-8-31(9-12-43)26-23(42(3)29(31)45)16-37-28-25(26)24(27(40-28)21-15-38-41(2)17-21)19-5-6-22-20(13-19)14-39-44(22)32(33,34)35/h5-6,13-17H,7-9,11-12,18,33-35H2,1-4H3,(H,37,40)/t30-/m0/s1. The van der Waals surface area contributed by atoms with Crippen molar-refractivity contribution < 1.29 is 9.53 Å². The molecule has 7 rings (SSSR count). The van der Waals surface area contributed by atoms with Gasteiger partial charge < -0.3 is 14.6 Å². The summed E-state index contributed by atoms with van der Waals surface area (Å²) in [5.41, 5.74) is 6.46. The SMILES string of the molecule is BC(B)(B)n1ncc2cc(-c3c(-c4cnn(C)c4)[nH]c4ncc5c(c34)C3(CCN([C@@](C)(CC#N)COC)CC3)C(=O)N5C)ccc21. The number of nitrogens with zero attached hydrogens (tertiary/aromatic N) is 8. The van der Waals surface area contributed by atoms with Crippen LogP contribution in [-0.2, 0) is 27.2 Å². The molecule has 1 spiro atoms. The van der Waals surface area contributed by atoms with Gasteiger partial charge in [-0.1, -0.05) is 6.07 Å². The summed E-state index contributed by atoms with van der Waals surface area (Å²) in [6, 6.07) is 8.84. The van der Waals surface area contributed by atoms with Crippen molar-refractivity contribution in [3.63, 3.8) is 0 Å². The molecule has 4 aromatic heterocycles. The Hall–Kier alpha value is -4.34. The van der Waals surface area contributed by atoms with E-state index in [4.69, 9.17) is 14.8 Å². The Morgan fingerprint density at radius 3 is 2.52 bits per heavy atom. The molecule has 1 amide bonds. The molecule has 1 fully saturated rings. The third kappa shape index (κ3) is 4.43. The number of likely N-dealkylation sites (tertiary alicyclic amines) is 1. The molecular formula is C32H38B3N9O2. The van der Waals surface area contributed by atoms with Gasteiger partial charge in [0.1, 0.15) is 29.2 Å². The van der Waals surface area contributed by atoms with E-state index in [2.05, 4.69) is 74.4 Å². The number of amides is 1. The van der Waals surface area contributed by atoms with Gasteiger partial charge in [0.25, 0.3) is 0 Å². The van der Waals surface area contributed by atoms with Crippen molar-refractivity contribution in [2.75, 3.05) is 38.8 Å². The van der Waals surface area contributed by atoms with E-state index in [9.17, 15) is 10.1 Å². The molecule has 2 aliphatic heterocycles. The van der Waals surface area contributed by atoms with Gasteiger partial charge >= 0.3 is 0 Å². The van der Waals surface area contributed by atoms with Crippen LogP contribution in [0.2, 0.25) is 0 Å². The number of nitrogens with one attached hydrogen (secondary N) is 1. The first-order valence-corrected chi connectivity index (χ1v) is 15.8. The largest absolute Gasteiger partial charge is 0.383 e. The van der Waals surface area contributed by atoms with Crippen LogP contribution in [0, 0.1) is 11.3 Å². The monoisotopic (exact) mass is 613 g/mol. The van der Waals surface area contributed by atoms with Crippen LogP contribution >= 0.6 is 0 Å². The summed E-state index contributed by atoms with van der Waals surface area (Å²) >= 11 is 0. The summed E-state index contributed by atoms with van der Waals surface area (Å²) in [6.07, 6.45) is 9.26. The number of aryl methyl sites for hydroxylation is 1. The van der Waals surface area contributed by atoms with E-state index in [1.807, 2.05) is 38.9 Å². The molecule has 5 aromatic rings. The number of hydrogen-bond donors (Lipinski definition) is 1. The first-order valence-electron chi connectivity index (χ1n) is 15.8. The molecular weight excluding hydrogens is 575 g/mol. The highest BCUT2D eigenvalue weighted by Gasteiger charge is 2.54. The number of aromatic nitrogens is 6. The van der Waals surface area contributed by atoms with Gasteiger partial charge in [-0.25, -0.2) is 4.98 Å². The Morgan fingerprint density at radius 2 is 1.87 bits per heavy atom. The second kappa shape index (κ2) is 10.6. The number of likely N-dealkylation sites (N-methyl/N-ethyl adjacent to an activating group) is 1. The molecule has 2 aliphatic rings. The molecule has 11 nitrogen and oxygen atoms in total. The van der Waals surface area contributed by atoms with Gasteiger partial charge in [0.15, 0.2) is 0 Å². The number of benzene rings is 1. The summed E-state index contributed by atoms with van der Waals surface area (Å²) in [5, 5.41) is 20.7. The van der Waals surface area contributed by atoms with Gasteiger partial charge in [-0.3, -0.25) is 19.1 Å². The van der Waals surface area contributed by atoms with E-state index in [-0.39, 0.29) is 11.1 Å². The minimum atomic E-state index is -0.716. The Bertz CT molecular complexity index is 2040. The predicted octanol–water partition coefficient (Wildman–Crippen LogP) is 1.08. The van der Waals surface area contributed by atoms with Crippen LogP contribution in [0.4, 0.5) is 5.69 Å². The maximum absolute atomic E-state index is 14.4. The quantitative estimate of drug-likeness (QED) is 0.273. The number of aromatic amines is 1. The Kier molecular flexibility index (Phi) is 6.99. The van der Waals surface area contributed by atoms with Crippen LogP contribution < -0.4 is 4.90 Å². The van der Waals surface area contributed by atoms with E-state index in [1.165, 1.54) is 0 Å². The van der Waals surface area contributed by atoms with Crippen molar-refractivity contribution in [2.45, 2.75) is 42.4 Å². The Labute approximate surface area is 271 Å². The molecule has 0 bridgehead atoms. The number of ether oxygens (including phenoxy) is 1. The average Bonchev–Trinajstić information content (AvgIpc) is 3.78. The molecule has 46 heavy (non-hydrogen) atoms. The summed E-state index contributed by atoms with van der Waals surface area (Å²) < 4.78 is 9.41. The van der Waals surface area contributed by atoms with Crippen molar-refractivity contribution in [3.05, 3.63) is 48.5 Å². The van der Waals surface area contributed by atoms with Crippen molar-refractivity contribution >= 4 is 57.1 Å². The number of carbonyl (C=O) groups excluding carboxylic acids is 1. The third-order valence-corrected chi connectivity index (χ3v) is 10.1. The number of methoxy groups -OCH3 is 1. The van der Waals surface area contributed by atoms with Crippen molar-refractivity contribution in [3.8, 4) is 28.5 Å². The van der Waals surface area contributed by atoms with E-state index in [0.717, 1.165) is 55.6 Å². The molecule has 6 heterocycles. The Balaban J connectivity index is 1.44. The highest BCUT2D eigenvalue weighted by atomic mass is 16.5. The zero-order chi connectivity index (χ0) is 32.6. The van der Waals surface area contributed by atoms with E-state index < -0.39 is 11.0 Å². The van der Waals surface area contributed by atoms with Gasteiger partial charge in [-0.05, 0) is 42.7 Å². The van der Waals surface area contributed by atoms with Crippen molar-refractivity contribution in [1.29, 1.82) is 5.26 Å². The Morgan fingerprint density at radius 1 is 1.11 bits per heavy atom. The highest BCUT2D eigenvalue weighted by molar-refractivity contribution is 6.56. The van der Waals surface area contributed by atoms with Gasteiger partial charge in [0, 0.05) is 68.0 Å². The molecule has 14 heteroatoms. The molecule has 0 unspecified atom stereocenters. The lowest BCUT2D eigenvalue weighted by Crippen LogP contribution is -2.56. The molecule has 232 valence electrons. The molecule has 0 saturated carbocycles. The van der Waals surface area contributed by atoms with E-state index >= 15 is 0 Å². The van der Waals surface area contributed by atoms with Gasteiger partial charge in [0.2, 0.25) is 5.91 Å². The molecule has 1 atom stereocenters. The molecule has 0 aliphatic carbocycles. The first kappa shape index (κ1) is 30.3. The summed E-state index contributed by atoms with van der Waals surface area (Å²) in [6.45, 7) is 3.89. The lowest BCUT2D eigenvalue weighted by molar-refractivity contribution is -0.125. The van der Waals surface area contributed by atoms with Crippen LogP contribution in [0.5, 0.6) is 0 Å². The summed E-state index contributed by atoms with van der Waals surface area (Å²) in [7, 11) is 11.9. The fraction of sp³-hybridized carbons (Fsp3) is 0.406. The van der Waals surface area contributed by atoms with Gasteiger partial charge in [0.05, 0.1) is 65.5 Å². The minimum absolute atomic E-state index is 0.0992. The minimum Gasteiger partial charge on any atom is -0.383 e. The van der Waals surface area contributed by atoms with Crippen LogP contribution in [0.3, 0.4) is 0 Å². The maximum atomic E-state index is 14.4. The zero-order valence-corrected chi connectivity index (χ0v) is 27.7. The smallest absolute Gasteiger partial charge is 0.237 e. The number of hydrogen-bond acceptors (Lipinski definition) is 7. The number of piperidine rings is 1. The average molecular weight is 613 g/mol. The summed E-state index contributed by atoms with van der Waals surface area (Å²) in [5.74, 6) is 0.0992. The predicted molar refractivity (Wildman–Crippen MR) is 187 cm³/mol. The number of H-pyrrole nitrogens is 1. The fourth-order valence-corrected chi connectivity index (χ4v) is 7.83. The highest BCUT2D eigenvalue weighted by Crippen LogP contribution is 2.54. The number of rotatable bonds is 7. The second-order valence-electron chi connectivity index (χ2n) is 14.2. The van der Waals surface area contributed by atoms with Crippen molar-refractivity contribution in [2.24, 2.45) is 7.05 Å². The second-order valence-corrected chi connectivity index (χ2v) is 14.2. The topological polar surface area (TPSA) is 121 Å². The van der Waals surface area contributed by atoms with Gasteiger partial charge in [-0.15, -0.1) is 0 Å². The van der Waals surface area contributed by atoms with Crippen LogP contribution in [0.25, 0.3) is 44.3 Å². The number of nitriles is 1. The lowest BCUT2D eigenvalue weighted by Gasteiger charge is -2.46. The normalized spacial score (nSPS) is 18.0. The number of pyridine rings is 1. The third-order valence-electron chi connectivity index (χ3n) is 10.1. The number of carbonyl (C=O) groups is 1. The molecule has 1 aromatic carbocycles. The van der Waals surface area contributed by atoms with Crippen LogP contribution in [0.1, 0.15) is 31.7 Å². The summed E-state index contributed by atoms with van der Waals surface area (Å²) in [4.78, 5) is 27.0. The molecule has 1 saturated heterocycles. The zero-order valence-electron chi connectivity index (χ0n) is 27.7. The molecule has 0 radical (unpaired) electrons. The van der Waals surface area contributed by atoms with E-state index in [1.54, 1.807) is 16.7 Å². The van der Waals surface area contributed by atoms with E-state index in [0.29, 0.717) is 39.0 Å². The number of anilines is 1.